The van der Waals surface area contributed by atoms with E-state index in [1.54, 1.807) is 6.07 Å². The van der Waals surface area contributed by atoms with Crippen molar-refractivity contribution in [2.45, 2.75) is 32.7 Å². The molecule has 0 amide bonds. The van der Waals surface area contributed by atoms with E-state index in [-0.39, 0.29) is 17.8 Å². The van der Waals surface area contributed by atoms with E-state index in [2.05, 4.69) is 38.2 Å². The molecule has 0 fully saturated rings. The van der Waals surface area contributed by atoms with E-state index in [0.29, 0.717) is 5.56 Å². The van der Waals surface area contributed by atoms with E-state index in [4.69, 9.17) is 5.73 Å². The fourth-order valence-corrected chi connectivity index (χ4v) is 2.09. The number of hydrogen-bond acceptors (Lipinski definition) is 2. The number of rotatable bonds is 3. The van der Waals surface area contributed by atoms with Gasteiger partial charge < -0.3 is 11.1 Å². The second-order valence-electron chi connectivity index (χ2n) is 5.92. The molecule has 0 heterocycles. The first-order valence-corrected chi connectivity index (χ1v) is 6.77. The van der Waals surface area contributed by atoms with Gasteiger partial charge in [0.1, 0.15) is 5.82 Å². The van der Waals surface area contributed by atoms with Gasteiger partial charge in [0.2, 0.25) is 0 Å². The molecule has 0 bridgehead atoms. The van der Waals surface area contributed by atoms with E-state index in [1.165, 1.54) is 11.6 Å². The van der Waals surface area contributed by atoms with Crippen LogP contribution in [0.2, 0.25) is 0 Å². The number of nitrogens with one attached hydrogen (secondary N) is 1. The van der Waals surface area contributed by atoms with Gasteiger partial charge in [-0.05, 0) is 35.2 Å². The molecular weight excluding hydrogens is 251 g/mol. The van der Waals surface area contributed by atoms with Gasteiger partial charge in [-0.25, -0.2) is 4.39 Å². The normalized spacial score (nSPS) is 11.4. The van der Waals surface area contributed by atoms with Gasteiger partial charge in [-0.15, -0.1) is 0 Å². The van der Waals surface area contributed by atoms with Crippen molar-refractivity contribution in [3.05, 3.63) is 59.4 Å². The SMILES string of the molecule is CC(C)(C)c1ccc(Nc2cccc(F)c2CN)cc1. The Morgan fingerprint density at radius 1 is 1.05 bits per heavy atom. The molecule has 0 unspecified atom stereocenters. The van der Waals surface area contributed by atoms with Crippen LogP contribution in [0.3, 0.4) is 0 Å². The van der Waals surface area contributed by atoms with Gasteiger partial charge in [0.05, 0.1) is 0 Å². The summed E-state index contributed by atoms with van der Waals surface area (Å²) in [4.78, 5) is 0. The monoisotopic (exact) mass is 272 g/mol. The molecule has 0 aromatic heterocycles. The van der Waals surface area contributed by atoms with E-state index < -0.39 is 0 Å². The highest BCUT2D eigenvalue weighted by Crippen LogP contribution is 2.26. The Bertz CT molecular complexity index is 583. The topological polar surface area (TPSA) is 38.0 Å². The third-order valence-electron chi connectivity index (χ3n) is 3.35. The minimum atomic E-state index is -0.274. The van der Waals surface area contributed by atoms with Crippen LogP contribution in [0, 0.1) is 5.82 Å². The van der Waals surface area contributed by atoms with Crippen molar-refractivity contribution in [2.24, 2.45) is 5.73 Å². The van der Waals surface area contributed by atoms with Crippen molar-refractivity contribution in [3.8, 4) is 0 Å². The Kier molecular flexibility index (Phi) is 4.09. The molecule has 0 radical (unpaired) electrons. The number of halogens is 1. The van der Waals surface area contributed by atoms with Crippen molar-refractivity contribution in [1.82, 2.24) is 0 Å². The molecule has 3 heteroatoms. The van der Waals surface area contributed by atoms with Crippen LogP contribution in [0.15, 0.2) is 42.5 Å². The first kappa shape index (κ1) is 14.5. The Labute approximate surface area is 119 Å². The van der Waals surface area contributed by atoms with Crippen LogP contribution in [0.5, 0.6) is 0 Å². The predicted molar refractivity (Wildman–Crippen MR) is 82.7 cm³/mol. The molecule has 0 aliphatic carbocycles. The first-order chi connectivity index (χ1) is 9.41. The number of benzene rings is 2. The average molecular weight is 272 g/mol. The minimum absolute atomic E-state index is 0.125. The Morgan fingerprint density at radius 2 is 1.70 bits per heavy atom. The summed E-state index contributed by atoms with van der Waals surface area (Å²) in [5, 5.41) is 3.22. The lowest BCUT2D eigenvalue weighted by atomic mass is 9.87. The van der Waals surface area contributed by atoms with Crippen molar-refractivity contribution in [3.63, 3.8) is 0 Å². The highest BCUT2D eigenvalue weighted by Gasteiger charge is 2.13. The molecule has 0 spiro atoms. The zero-order valence-corrected chi connectivity index (χ0v) is 12.2. The molecule has 0 aliphatic heterocycles. The molecule has 2 nitrogen and oxygen atoms in total. The van der Waals surface area contributed by atoms with Gasteiger partial charge in [0, 0.05) is 23.5 Å². The lowest BCUT2D eigenvalue weighted by Gasteiger charge is -2.19. The zero-order valence-electron chi connectivity index (χ0n) is 12.2. The lowest BCUT2D eigenvalue weighted by molar-refractivity contribution is 0.590. The summed E-state index contributed by atoms with van der Waals surface area (Å²) in [5.41, 5.74) is 9.15. The van der Waals surface area contributed by atoms with Crippen molar-refractivity contribution < 1.29 is 4.39 Å². The molecule has 0 aliphatic rings. The maximum Gasteiger partial charge on any atom is 0.129 e. The van der Waals surface area contributed by atoms with Crippen molar-refractivity contribution in [1.29, 1.82) is 0 Å². The second kappa shape index (κ2) is 5.63. The van der Waals surface area contributed by atoms with Crippen molar-refractivity contribution >= 4 is 11.4 Å². The fourth-order valence-electron chi connectivity index (χ4n) is 2.09. The Morgan fingerprint density at radius 3 is 2.25 bits per heavy atom. The van der Waals surface area contributed by atoms with Crippen LogP contribution >= 0.6 is 0 Å². The highest BCUT2D eigenvalue weighted by molar-refractivity contribution is 5.63. The zero-order chi connectivity index (χ0) is 14.8. The standard InChI is InChI=1S/C17H21FN2/c1-17(2,3)12-7-9-13(10-8-12)20-16-6-4-5-15(18)14(16)11-19/h4-10,20H,11,19H2,1-3H3. The van der Waals surface area contributed by atoms with Crippen LogP contribution in [0.25, 0.3) is 0 Å². The van der Waals surface area contributed by atoms with Crippen LogP contribution < -0.4 is 11.1 Å². The average Bonchev–Trinajstić information content (AvgIpc) is 2.38. The third-order valence-corrected chi connectivity index (χ3v) is 3.35. The van der Waals surface area contributed by atoms with E-state index >= 15 is 0 Å². The van der Waals surface area contributed by atoms with E-state index in [0.717, 1.165) is 11.4 Å². The molecule has 0 atom stereocenters. The summed E-state index contributed by atoms with van der Waals surface area (Å²) in [6.45, 7) is 6.70. The van der Waals surface area contributed by atoms with Gasteiger partial charge in [0.25, 0.3) is 0 Å². The van der Waals surface area contributed by atoms with Gasteiger partial charge in [0.15, 0.2) is 0 Å². The smallest absolute Gasteiger partial charge is 0.129 e. The molecule has 2 aromatic rings. The summed E-state index contributed by atoms with van der Waals surface area (Å²) in [5.74, 6) is -0.274. The van der Waals surface area contributed by atoms with Crippen LogP contribution in [-0.4, -0.2) is 0 Å². The largest absolute Gasteiger partial charge is 0.355 e. The molecule has 3 N–H and O–H groups in total. The third kappa shape index (κ3) is 3.17. The molecule has 2 rings (SSSR count). The first-order valence-electron chi connectivity index (χ1n) is 6.77. The lowest BCUT2D eigenvalue weighted by Crippen LogP contribution is -2.10. The van der Waals surface area contributed by atoms with Gasteiger partial charge in [-0.1, -0.05) is 39.0 Å². The minimum Gasteiger partial charge on any atom is -0.355 e. The van der Waals surface area contributed by atoms with E-state index in [1.807, 2.05) is 18.2 Å². The molecule has 2 aromatic carbocycles. The van der Waals surface area contributed by atoms with Crippen molar-refractivity contribution in [2.75, 3.05) is 5.32 Å². The summed E-state index contributed by atoms with van der Waals surface area (Å²) in [6.07, 6.45) is 0. The summed E-state index contributed by atoms with van der Waals surface area (Å²) in [7, 11) is 0. The molecule has 20 heavy (non-hydrogen) atoms. The summed E-state index contributed by atoms with van der Waals surface area (Å²) < 4.78 is 13.7. The maximum absolute atomic E-state index is 13.7. The Balaban J connectivity index is 2.25. The van der Waals surface area contributed by atoms with Crippen LogP contribution in [0.1, 0.15) is 31.9 Å². The Hall–Kier alpha value is -1.87. The van der Waals surface area contributed by atoms with E-state index in [9.17, 15) is 4.39 Å². The summed E-state index contributed by atoms with van der Waals surface area (Å²) >= 11 is 0. The molecule has 0 saturated carbocycles. The van der Waals surface area contributed by atoms with Crippen LogP contribution in [0.4, 0.5) is 15.8 Å². The molecular formula is C17H21FN2. The highest BCUT2D eigenvalue weighted by atomic mass is 19.1. The van der Waals surface area contributed by atoms with Gasteiger partial charge in [-0.3, -0.25) is 0 Å². The van der Waals surface area contributed by atoms with Gasteiger partial charge in [-0.2, -0.15) is 0 Å². The number of hydrogen-bond donors (Lipinski definition) is 2. The fraction of sp³-hybridized carbons (Fsp3) is 0.294. The second-order valence-corrected chi connectivity index (χ2v) is 5.92. The van der Waals surface area contributed by atoms with Crippen LogP contribution in [-0.2, 0) is 12.0 Å². The number of anilines is 2. The molecule has 106 valence electrons. The summed E-state index contributed by atoms with van der Waals surface area (Å²) in [6, 6.07) is 13.1. The maximum atomic E-state index is 13.7. The number of nitrogens with two attached hydrogens (primary N) is 1. The predicted octanol–water partition coefficient (Wildman–Crippen LogP) is 4.33. The van der Waals surface area contributed by atoms with Gasteiger partial charge >= 0.3 is 0 Å². The molecule has 0 saturated heterocycles. The quantitative estimate of drug-likeness (QED) is 0.873.